The van der Waals surface area contributed by atoms with E-state index in [-0.39, 0.29) is 26.8 Å². The number of hydrogen-bond donors (Lipinski definition) is 1. The predicted octanol–water partition coefficient (Wildman–Crippen LogP) is 3.78. The third kappa shape index (κ3) is 4.18. The van der Waals surface area contributed by atoms with E-state index in [4.69, 9.17) is 9.47 Å². The average molecular weight is 509 g/mol. The number of aryl methyl sites for hydroxylation is 1. The topological polar surface area (TPSA) is 149 Å². The summed E-state index contributed by atoms with van der Waals surface area (Å²) in [5, 5.41) is 22.4. The Bertz CT molecular complexity index is 1430. The summed E-state index contributed by atoms with van der Waals surface area (Å²) < 4.78 is 9.95. The van der Waals surface area contributed by atoms with E-state index in [1.165, 1.54) is 44.6 Å². The maximum atomic E-state index is 13.2. The number of hydrogen-bond acceptors (Lipinski definition) is 10. The lowest BCUT2D eigenvalue weighted by Crippen LogP contribution is -2.29. The lowest BCUT2D eigenvalue weighted by Gasteiger charge is -2.23. The van der Waals surface area contributed by atoms with Crippen LogP contribution in [-0.2, 0) is 14.3 Å². The van der Waals surface area contributed by atoms with Crippen molar-refractivity contribution >= 4 is 45.6 Å². The van der Waals surface area contributed by atoms with E-state index in [0.29, 0.717) is 17.0 Å². The first-order valence-corrected chi connectivity index (χ1v) is 11.2. The Morgan fingerprint density at radius 1 is 1.17 bits per heavy atom. The number of thiazole rings is 1. The van der Waals surface area contributed by atoms with Gasteiger partial charge >= 0.3 is 11.9 Å². The summed E-state index contributed by atoms with van der Waals surface area (Å²) in [6, 6.07) is 10.4. The highest BCUT2D eigenvalue weighted by molar-refractivity contribution is 7.17. The molecule has 1 aromatic heterocycles. The highest BCUT2D eigenvalue weighted by Gasteiger charge is 2.48. The van der Waals surface area contributed by atoms with E-state index in [2.05, 4.69) is 4.98 Å². The molecule has 184 valence electrons. The number of methoxy groups -OCH3 is 2. The summed E-state index contributed by atoms with van der Waals surface area (Å²) in [4.78, 5) is 54.7. The second kappa shape index (κ2) is 9.58. The number of Topliss-reactive ketones (excluding diaryl/α,β-unsaturated/α-hetero) is 1. The molecule has 0 aliphatic carbocycles. The molecular weight excluding hydrogens is 490 g/mol. The molecule has 0 radical (unpaired) electrons. The molecule has 1 aliphatic rings. The number of aliphatic hydroxyl groups excluding tert-OH is 1. The highest BCUT2D eigenvalue weighted by atomic mass is 32.1. The highest BCUT2D eigenvalue weighted by Crippen LogP contribution is 2.44. The number of aromatic nitrogens is 1. The number of esters is 1. The molecule has 2 heterocycles. The molecular formula is C24H19N3O8S. The van der Waals surface area contributed by atoms with Crippen LogP contribution >= 0.6 is 11.3 Å². The fourth-order valence-corrected chi connectivity index (χ4v) is 4.83. The molecule has 1 aliphatic heterocycles. The first kappa shape index (κ1) is 24.5. The van der Waals surface area contributed by atoms with Crippen LogP contribution in [0.2, 0.25) is 0 Å². The minimum Gasteiger partial charge on any atom is -0.507 e. The fraction of sp³-hybridized carbons (Fsp3) is 0.167. The summed E-state index contributed by atoms with van der Waals surface area (Å²) in [6.45, 7) is 1.56. The van der Waals surface area contributed by atoms with Crippen LogP contribution in [0.1, 0.15) is 32.5 Å². The number of aliphatic hydroxyl groups is 1. The van der Waals surface area contributed by atoms with Crippen LogP contribution in [0.15, 0.2) is 54.1 Å². The Kier molecular flexibility index (Phi) is 6.53. The van der Waals surface area contributed by atoms with Crippen molar-refractivity contribution in [3.8, 4) is 5.75 Å². The third-order valence-electron chi connectivity index (χ3n) is 5.57. The first-order chi connectivity index (χ1) is 17.2. The molecule has 3 aromatic rings. The number of ketones is 1. The number of carbonyl (C=O) groups is 3. The van der Waals surface area contributed by atoms with Gasteiger partial charge in [-0.25, -0.2) is 9.78 Å². The van der Waals surface area contributed by atoms with E-state index in [9.17, 15) is 29.6 Å². The molecule has 1 unspecified atom stereocenters. The van der Waals surface area contributed by atoms with Gasteiger partial charge in [0.05, 0.1) is 36.5 Å². The Morgan fingerprint density at radius 3 is 2.47 bits per heavy atom. The lowest BCUT2D eigenvalue weighted by atomic mass is 9.95. The van der Waals surface area contributed by atoms with Gasteiger partial charge in [-0.2, -0.15) is 0 Å². The second-order valence-electron chi connectivity index (χ2n) is 7.65. The molecule has 0 bridgehead atoms. The van der Waals surface area contributed by atoms with Gasteiger partial charge in [0.2, 0.25) is 0 Å². The number of nitrogens with zero attached hydrogens (tertiary/aromatic N) is 3. The van der Waals surface area contributed by atoms with Crippen molar-refractivity contribution < 1.29 is 33.9 Å². The number of ether oxygens (including phenoxy) is 2. The molecule has 1 N–H and O–H groups in total. The van der Waals surface area contributed by atoms with E-state index in [0.717, 1.165) is 16.2 Å². The van der Waals surface area contributed by atoms with Crippen molar-refractivity contribution in [2.45, 2.75) is 13.0 Å². The van der Waals surface area contributed by atoms with Crippen LogP contribution in [0, 0.1) is 17.0 Å². The van der Waals surface area contributed by atoms with Crippen LogP contribution in [0.5, 0.6) is 5.75 Å². The van der Waals surface area contributed by atoms with Gasteiger partial charge in [-0.1, -0.05) is 23.5 Å². The maximum absolute atomic E-state index is 13.2. The lowest BCUT2D eigenvalue weighted by molar-refractivity contribution is -0.384. The molecule has 11 nitrogen and oxygen atoms in total. The van der Waals surface area contributed by atoms with E-state index in [1.807, 2.05) is 0 Å². The number of nitro benzene ring substituents is 1. The minimum atomic E-state index is -1.17. The molecule has 2 aromatic carbocycles. The summed E-state index contributed by atoms with van der Waals surface area (Å²) in [5.41, 5.74) is 0.400. The quantitative estimate of drug-likeness (QED) is 0.131. The van der Waals surface area contributed by atoms with Crippen molar-refractivity contribution in [2.75, 3.05) is 19.1 Å². The average Bonchev–Trinajstić information content (AvgIpc) is 3.39. The van der Waals surface area contributed by atoms with Gasteiger partial charge in [0.1, 0.15) is 16.4 Å². The van der Waals surface area contributed by atoms with Crippen molar-refractivity contribution in [2.24, 2.45) is 0 Å². The predicted molar refractivity (Wildman–Crippen MR) is 129 cm³/mol. The summed E-state index contributed by atoms with van der Waals surface area (Å²) >= 11 is 0.852. The number of non-ortho nitro benzene ring substituents is 1. The number of nitro groups is 1. The SMILES string of the molecule is COC(=O)c1sc(N2C(=O)C(=O)C(=C(O)c3cccc(OC)c3)C2c2ccc([N+](=O)[O-])cc2)nc1C. The van der Waals surface area contributed by atoms with E-state index >= 15 is 0 Å². The van der Waals surface area contributed by atoms with E-state index in [1.54, 1.807) is 25.1 Å². The van der Waals surface area contributed by atoms with Gasteiger partial charge in [-0.3, -0.25) is 24.6 Å². The Hall–Kier alpha value is -4.58. The normalized spacial score (nSPS) is 16.8. The van der Waals surface area contributed by atoms with E-state index < -0.39 is 34.4 Å². The van der Waals surface area contributed by atoms with Crippen LogP contribution in [-0.4, -0.2) is 46.9 Å². The number of benzene rings is 2. The molecule has 4 rings (SSSR count). The van der Waals surface area contributed by atoms with Crippen LogP contribution in [0.3, 0.4) is 0 Å². The molecule has 1 amide bonds. The van der Waals surface area contributed by atoms with Gasteiger partial charge < -0.3 is 14.6 Å². The zero-order chi connectivity index (χ0) is 26.1. The molecule has 36 heavy (non-hydrogen) atoms. The molecule has 0 spiro atoms. The number of rotatable bonds is 6. The van der Waals surface area contributed by atoms with Crippen LogP contribution < -0.4 is 9.64 Å². The number of anilines is 1. The van der Waals surface area contributed by atoms with Crippen molar-refractivity contribution in [3.05, 3.63) is 85.9 Å². The Labute approximate surface area is 208 Å². The summed E-state index contributed by atoms with van der Waals surface area (Å²) in [5.74, 6) is -2.66. The van der Waals surface area contributed by atoms with Gasteiger partial charge in [0.25, 0.3) is 11.5 Å². The zero-order valence-electron chi connectivity index (χ0n) is 19.3. The first-order valence-electron chi connectivity index (χ1n) is 10.4. The second-order valence-corrected chi connectivity index (χ2v) is 8.63. The van der Waals surface area contributed by atoms with Gasteiger partial charge in [0.15, 0.2) is 5.13 Å². The number of carbonyl (C=O) groups excluding carboxylic acids is 3. The van der Waals surface area contributed by atoms with Crippen molar-refractivity contribution in [1.82, 2.24) is 4.98 Å². The van der Waals surface area contributed by atoms with Crippen LogP contribution in [0.25, 0.3) is 5.76 Å². The maximum Gasteiger partial charge on any atom is 0.350 e. The molecule has 12 heteroatoms. The monoisotopic (exact) mass is 509 g/mol. The summed E-state index contributed by atoms with van der Waals surface area (Å²) in [7, 11) is 2.65. The third-order valence-corrected chi connectivity index (χ3v) is 6.71. The fourth-order valence-electron chi connectivity index (χ4n) is 3.82. The summed E-state index contributed by atoms with van der Waals surface area (Å²) in [6.07, 6.45) is 0. The molecule has 1 saturated heterocycles. The van der Waals surface area contributed by atoms with Crippen LogP contribution in [0.4, 0.5) is 10.8 Å². The standard InChI is InChI=1S/C24H19N3O8S/c1-12-21(23(31)35-3)36-24(25-12)26-18(13-7-9-15(10-8-13)27(32)33)17(20(29)22(26)30)19(28)14-5-4-6-16(11-14)34-2/h4-11,18,28H,1-3H3. The molecule has 1 atom stereocenters. The largest absolute Gasteiger partial charge is 0.507 e. The van der Waals surface area contributed by atoms with Gasteiger partial charge in [0, 0.05) is 17.7 Å². The van der Waals surface area contributed by atoms with Gasteiger partial charge in [-0.05, 0) is 36.8 Å². The number of amides is 1. The Balaban J connectivity index is 1.94. The smallest absolute Gasteiger partial charge is 0.350 e. The molecule has 0 saturated carbocycles. The van der Waals surface area contributed by atoms with Gasteiger partial charge in [-0.15, -0.1) is 0 Å². The Morgan fingerprint density at radius 2 is 1.86 bits per heavy atom. The zero-order valence-corrected chi connectivity index (χ0v) is 20.1. The van der Waals surface area contributed by atoms with Crippen molar-refractivity contribution in [3.63, 3.8) is 0 Å². The minimum absolute atomic E-state index is 0.0306. The van der Waals surface area contributed by atoms with Crippen molar-refractivity contribution in [1.29, 1.82) is 0 Å². The molecule has 1 fully saturated rings.